The maximum atomic E-state index is 13.1. The van der Waals surface area contributed by atoms with E-state index >= 15 is 0 Å². The fourth-order valence-corrected chi connectivity index (χ4v) is 1.94. The molecule has 0 radical (unpaired) electrons. The van der Waals surface area contributed by atoms with Gasteiger partial charge in [-0.05, 0) is 24.5 Å². The molecule has 1 aliphatic rings. The Morgan fingerprint density at radius 2 is 2.00 bits per heavy atom. The van der Waals surface area contributed by atoms with Crippen molar-refractivity contribution in [3.8, 4) is 11.5 Å². The van der Waals surface area contributed by atoms with Crippen molar-refractivity contribution in [3.63, 3.8) is 0 Å². The van der Waals surface area contributed by atoms with E-state index in [1.54, 1.807) is 19.1 Å². The minimum absolute atomic E-state index is 0.00762. The van der Waals surface area contributed by atoms with Crippen LogP contribution < -0.4 is 9.47 Å². The molecule has 0 aliphatic carbocycles. The van der Waals surface area contributed by atoms with E-state index in [1.807, 2.05) is 13.8 Å². The lowest BCUT2D eigenvalue weighted by atomic mass is 9.94. The zero-order valence-corrected chi connectivity index (χ0v) is 10.5. The smallest absolute Gasteiger partial charge is 0.433 e. The lowest BCUT2D eigenvalue weighted by molar-refractivity contribution is -0.209. The predicted octanol–water partition coefficient (Wildman–Crippen LogP) is 3.05. The Morgan fingerprint density at radius 3 is 2.61 bits per heavy atom. The largest absolute Gasteiger partial charge is 0.479 e. The first kappa shape index (κ1) is 13.1. The molecule has 1 aromatic carbocycles. The highest BCUT2D eigenvalue weighted by Gasteiger charge is 2.39. The Morgan fingerprint density at radius 1 is 1.33 bits per heavy atom. The van der Waals surface area contributed by atoms with Crippen LogP contribution in [-0.2, 0) is 0 Å². The maximum Gasteiger partial charge on any atom is 0.433 e. The topological polar surface area (TPSA) is 38.7 Å². The Bertz CT molecular complexity index is 458. The molecule has 0 bridgehead atoms. The van der Waals surface area contributed by atoms with E-state index in [0.717, 1.165) is 0 Å². The first-order valence-corrected chi connectivity index (χ1v) is 5.83. The first-order valence-electron chi connectivity index (χ1n) is 5.83. The van der Waals surface area contributed by atoms with E-state index in [-0.39, 0.29) is 17.4 Å². The van der Waals surface area contributed by atoms with Gasteiger partial charge in [0.1, 0.15) is 0 Å². The Hall–Kier alpha value is -1.36. The third kappa shape index (κ3) is 2.27. The molecule has 1 atom stereocenters. The molecule has 5 heteroatoms. The highest BCUT2D eigenvalue weighted by atomic mass is 19.3. The van der Waals surface area contributed by atoms with Crippen molar-refractivity contribution in [2.24, 2.45) is 5.92 Å². The average Bonchev–Trinajstić information content (AvgIpc) is 2.29. The van der Waals surface area contributed by atoms with Crippen LogP contribution in [-0.4, -0.2) is 17.8 Å². The summed E-state index contributed by atoms with van der Waals surface area (Å²) in [5.74, 6) is 0.299. The average molecular weight is 258 g/mol. The summed E-state index contributed by atoms with van der Waals surface area (Å²) in [6.07, 6.45) is -4.03. The van der Waals surface area contributed by atoms with Gasteiger partial charge >= 0.3 is 6.11 Å². The van der Waals surface area contributed by atoms with Gasteiger partial charge in [-0.3, -0.25) is 0 Å². The number of halogens is 2. The van der Waals surface area contributed by atoms with Gasteiger partial charge in [-0.25, -0.2) is 0 Å². The maximum absolute atomic E-state index is 13.1. The van der Waals surface area contributed by atoms with Crippen molar-refractivity contribution in [1.29, 1.82) is 0 Å². The number of alkyl halides is 2. The van der Waals surface area contributed by atoms with Gasteiger partial charge < -0.3 is 14.6 Å². The molecule has 1 unspecified atom stereocenters. The van der Waals surface area contributed by atoms with E-state index in [9.17, 15) is 13.9 Å². The SMILES string of the molecule is Cc1c(C(O)C(C)C)ccc2c1OC(F)(F)CO2. The van der Waals surface area contributed by atoms with E-state index < -0.39 is 18.8 Å². The molecule has 18 heavy (non-hydrogen) atoms. The minimum atomic E-state index is -3.32. The molecule has 1 N–H and O–H groups in total. The molecule has 0 aromatic heterocycles. The van der Waals surface area contributed by atoms with Crippen molar-refractivity contribution in [1.82, 2.24) is 0 Å². The lowest BCUT2D eigenvalue weighted by Crippen LogP contribution is -2.36. The summed E-state index contributed by atoms with van der Waals surface area (Å²) < 4.78 is 35.9. The third-order valence-electron chi connectivity index (χ3n) is 3.01. The number of hydrogen-bond donors (Lipinski definition) is 1. The number of ether oxygens (including phenoxy) is 2. The van der Waals surface area contributed by atoms with Gasteiger partial charge in [0.25, 0.3) is 0 Å². The third-order valence-corrected chi connectivity index (χ3v) is 3.01. The summed E-state index contributed by atoms with van der Waals surface area (Å²) in [6.45, 7) is 4.57. The molecule has 1 aliphatic heterocycles. The van der Waals surface area contributed by atoms with Gasteiger partial charge in [-0.1, -0.05) is 19.9 Å². The van der Waals surface area contributed by atoms with Crippen LogP contribution in [0.5, 0.6) is 11.5 Å². The normalized spacial score (nSPS) is 18.8. The number of hydrogen-bond acceptors (Lipinski definition) is 3. The second-order valence-electron chi connectivity index (χ2n) is 4.82. The van der Waals surface area contributed by atoms with E-state index in [0.29, 0.717) is 11.1 Å². The Kier molecular flexibility index (Phi) is 3.19. The van der Waals surface area contributed by atoms with Crippen LogP contribution in [0.3, 0.4) is 0 Å². The van der Waals surface area contributed by atoms with Gasteiger partial charge in [0.15, 0.2) is 18.1 Å². The van der Waals surface area contributed by atoms with Crippen LogP contribution in [0.2, 0.25) is 0 Å². The number of aliphatic hydroxyl groups is 1. The van der Waals surface area contributed by atoms with Crippen LogP contribution in [0.4, 0.5) is 8.78 Å². The highest BCUT2D eigenvalue weighted by Crippen LogP contribution is 2.42. The van der Waals surface area contributed by atoms with E-state index in [2.05, 4.69) is 4.74 Å². The van der Waals surface area contributed by atoms with Crippen molar-refractivity contribution in [2.45, 2.75) is 33.0 Å². The van der Waals surface area contributed by atoms with Gasteiger partial charge in [0.05, 0.1) is 6.10 Å². The van der Waals surface area contributed by atoms with Gasteiger partial charge in [-0.2, -0.15) is 8.78 Å². The highest BCUT2D eigenvalue weighted by molar-refractivity contribution is 5.51. The van der Waals surface area contributed by atoms with Crippen molar-refractivity contribution in [2.75, 3.05) is 6.61 Å². The molecule has 2 rings (SSSR count). The summed E-state index contributed by atoms with van der Waals surface area (Å²) in [5.41, 5.74) is 1.08. The molecule has 0 saturated heterocycles. The van der Waals surface area contributed by atoms with Crippen LogP contribution in [0.25, 0.3) is 0 Å². The van der Waals surface area contributed by atoms with Crippen LogP contribution in [0.15, 0.2) is 12.1 Å². The standard InChI is InChI=1S/C13H16F2O3/c1-7(2)11(16)9-4-5-10-12(8(9)3)18-13(14,15)6-17-10/h4-5,7,11,16H,6H2,1-3H3. The zero-order valence-electron chi connectivity index (χ0n) is 10.5. The van der Waals surface area contributed by atoms with Crippen molar-refractivity contribution in [3.05, 3.63) is 23.3 Å². The number of benzene rings is 1. The minimum Gasteiger partial charge on any atom is -0.479 e. The summed E-state index contributed by atoms with van der Waals surface area (Å²) in [5, 5.41) is 10.0. The number of rotatable bonds is 2. The van der Waals surface area contributed by atoms with Crippen molar-refractivity contribution < 1.29 is 23.4 Å². The Labute approximate surface area is 104 Å². The number of fused-ring (bicyclic) bond motifs is 1. The van der Waals surface area contributed by atoms with Gasteiger partial charge in [0, 0.05) is 5.56 Å². The molecule has 100 valence electrons. The molecule has 0 spiro atoms. The molecule has 1 heterocycles. The van der Waals surface area contributed by atoms with Crippen LogP contribution in [0.1, 0.15) is 31.1 Å². The summed E-state index contributed by atoms with van der Waals surface area (Å²) >= 11 is 0. The summed E-state index contributed by atoms with van der Waals surface area (Å²) in [6, 6.07) is 3.24. The quantitative estimate of drug-likeness (QED) is 0.886. The lowest BCUT2D eigenvalue weighted by Gasteiger charge is -2.28. The monoisotopic (exact) mass is 258 g/mol. The molecule has 0 fully saturated rings. The van der Waals surface area contributed by atoms with Gasteiger partial charge in [-0.15, -0.1) is 0 Å². The summed E-state index contributed by atoms with van der Waals surface area (Å²) in [4.78, 5) is 0. The zero-order chi connectivity index (χ0) is 13.5. The Balaban J connectivity index is 2.44. The number of aliphatic hydroxyl groups excluding tert-OH is 1. The fourth-order valence-electron chi connectivity index (χ4n) is 1.94. The molecular weight excluding hydrogens is 242 g/mol. The fraction of sp³-hybridized carbons (Fsp3) is 0.538. The first-order chi connectivity index (χ1) is 8.32. The van der Waals surface area contributed by atoms with Crippen LogP contribution >= 0.6 is 0 Å². The second kappa shape index (κ2) is 4.39. The van der Waals surface area contributed by atoms with Crippen LogP contribution in [0, 0.1) is 12.8 Å². The van der Waals surface area contributed by atoms with E-state index in [4.69, 9.17) is 4.74 Å². The molecular formula is C13H16F2O3. The summed E-state index contributed by atoms with van der Waals surface area (Å²) in [7, 11) is 0. The molecule has 1 aromatic rings. The molecule has 0 amide bonds. The predicted molar refractivity (Wildman–Crippen MR) is 62.0 cm³/mol. The van der Waals surface area contributed by atoms with E-state index in [1.165, 1.54) is 0 Å². The van der Waals surface area contributed by atoms with Gasteiger partial charge in [0.2, 0.25) is 0 Å². The van der Waals surface area contributed by atoms with Crippen molar-refractivity contribution >= 4 is 0 Å². The molecule has 3 nitrogen and oxygen atoms in total. The second-order valence-corrected chi connectivity index (χ2v) is 4.82. The molecule has 0 saturated carbocycles.